The van der Waals surface area contributed by atoms with Gasteiger partial charge < -0.3 is 10.1 Å². The summed E-state index contributed by atoms with van der Waals surface area (Å²) >= 11 is 0. The van der Waals surface area contributed by atoms with E-state index in [1.807, 2.05) is 49.4 Å². The van der Waals surface area contributed by atoms with E-state index in [4.69, 9.17) is 4.74 Å². The highest BCUT2D eigenvalue weighted by Gasteiger charge is 2.21. The lowest BCUT2D eigenvalue weighted by Gasteiger charge is -2.16. The molecule has 3 rings (SSSR count). The van der Waals surface area contributed by atoms with E-state index < -0.39 is 0 Å². The Morgan fingerprint density at radius 2 is 2.04 bits per heavy atom. The van der Waals surface area contributed by atoms with Crippen molar-refractivity contribution in [2.45, 2.75) is 19.3 Å². The van der Waals surface area contributed by atoms with Crippen LogP contribution in [0.5, 0.6) is 5.75 Å². The van der Waals surface area contributed by atoms with Crippen molar-refractivity contribution in [3.05, 3.63) is 60.4 Å². The van der Waals surface area contributed by atoms with E-state index in [9.17, 15) is 4.79 Å². The summed E-state index contributed by atoms with van der Waals surface area (Å²) in [6.07, 6.45) is 3.99. The van der Waals surface area contributed by atoms with E-state index >= 15 is 0 Å². The minimum Gasteiger partial charge on any atom is -0.497 e. The quantitative estimate of drug-likeness (QED) is 0.720. The van der Waals surface area contributed by atoms with Crippen LogP contribution in [0.2, 0.25) is 0 Å². The SMILES string of the molecule is CC[C@H](C(=O)Nc1cn[nH]c1-c1ccccn1)c1ccc(OC)cc1. The third-order valence-electron chi connectivity index (χ3n) is 4.06. The molecule has 2 aromatic heterocycles. The molecule has 2 heterocycles. The smallest absolute Gasteiger partial charge is 0.232 e. The number of nitrogens with zero attached hydrogens (tertiary/aromatic N) is 2. The van der Waals surface area contributed by atoms with E-state index in [1.165, 1.54) is 0 Å². The van der Waals surface area contributed by atoms with Crippen molar-refractivity contribution in [3.8, 4) is 17.1 Å². The number of methoxy groups -OCH3 is 1. The third kappa shape index (κ3) is 3.68. The predicted octanol–water partition coefficient (Wildman–Crippen LogP) is 3.61. The average molecular weight is 336 g/mol. The number of amides is 1. The van der Waals surface area contributed by atoms with Gasteiger partial charge in [-0.25, -0.2) is 0 Å². The van der Waals surface area contributed by atoms with Gasteiger partial charge in [-0.1, -0.05) is 25.1 Å². The van der Waals surface area contributed by atoms with Crippen molar-refractivity contribution >= 4 is 11.6 Å². The molecule has 0 saturated heterocycles. The summed E-state index contributed by atoms with van der Waals surface area (Å²) in [6, 6.07) is 13.2. The molecule has 3 aromatic rings. The fourth-order valence-electron chi connectivity index (χ4n) is 2.72. The van der Waals surface area contributed by atoms with Gasteiger partial charge in [-0.05, 0) is 36.2 Å². The number of aromatic nitrogens is 3. The maximum atomic E-state index is 12.8. The summed E-state index contributed by atoms with van der Waals surface area (Å²) in [6.45, 7) is 1.99. The molecule has 2 N–H and O–H groups in total. The Morgan fingerprint density at radius 1 is 1.24 bits per heavy atom. The molecule has 25 heavy (non-hydrogen) atoms. The van der Waals surface area contributed by atoms with E-state index in [1.54, 1.807) is 19.5 Å². The molecule has 0 aliphatic carbocycles. The molecule has 0 fully saturated rings. The lowest BCUT2D eigenvalue weighted by Crippen LogP contribution is -2.20. The van der Waals surface area contributed by atoms with Crippen molar-refractivity contribution in [1.82, 2.24) is 15.2 Å². The van der Waals surface area contributed by atoms with Crippen molar-refractivity contribution in [1.29, 1.82) is 0 Å². The van der Waals surface area contributed by atoms with E-state index in [-0.39, 0.29) is 11.8 Å². The standard InChI is InChI=1S/C19H20N4O2/c1-3-15(13-7-9-14(25-2)10-8-13)19(24)22-17-12-21-23-18(17)16-6-4-5-11-20-16/h4-12,15H,3H2,1-2H3,(H,21,23)(H,22,24)/t15-/m0/s1. The number of anilines is 1. The van der Waals surface area contributed by atoms with Gasteiger partial charge in [0, 0.05) is 6.20 Å². The summed E-state index contributed by atoms with van der Waals surface area (Å²) < 4.78 is 5.17. The zero-order valence-electron chi connectivity index (χ0n) is 14.2. The Kier molecular flexibility index (Phi) is 5.09. The molecule has 1 aromatic carbocycles. The van der Waals surface area contributed by atoms with Crippen LogP contribution < -0.4 is 10.1 Å². The lowest BCUT2D eigenvalue weighted by atomic mass is 9.95. The first-order valence-electron chi connectivity index (χ1n) is 8.12. The topological polar surface area (TPSA) is 79.9 Å². The van der Waals surface area contributed by atoms with Gasteiger partial charge in [0.2, 0.25) is 5.91 Å². The number of pyridine rings is 1. The zero-order chi connectivity index (χ0) is 17.6. The minimum atomic E-state index is -0.252. The summed E-state index contributed by atoms with van der Waals surface area (Å²) in [5.41, 5.74) is 2.99. The van der Waals surface area contributed by atoms with Crippen LogP contribution in [-0.4, -0.2) is 28.2 Å². The highest BCUT2D eigenvalue weighted by Crippen LogP contribution is 2.27. The van der Waals surface area contributed by atoms with Crippen LogP contribution in [0, 0.1) is 0 Å². The van der Waals surface area contributed by atoms with Gasteiger partial charge in [-0.15, -0.1) is 0 Å². The van der Waals surface area contributed by atoms with E-state index in [0.717, 1.165) is 17.0 Å². The first kappa shape index (κ1) is 16.7. The molecule has 0 spiro atoms. The summed E-state index contributed by atoms with van der Waals surface area (Å²) in [7, 11) is 1.62. The Morgan fingerprint density at radius 3 is 2.68 bits per heavy atom. The minimum absolute atomic E-state index is 0.0775. The molecule has 0 bridgehead atoms. The number of hydrogen-bond acceptors (Lipinski definition) is 4. The van der Waals surface area contributed by atoms with E-state index in [2.05, 4.69) is 20.5 Å². The molecule has 6 heteroatoms. The number of carbonyl (C=O) groups excluding carboxylic acids is 1. The van der Waals surface area contributed by atoms with Crippen LogP contribution in [0.3, 0.4) is 0 Å². The Balaban J connectivity index is 1.80. The van der Waals surface area contributed by atoms with Crippen molar-refractivity contribution in [2.75, 3.05) is 12.4 Å². The second kappa shape index (κ2) is 7.61. The first-order valence-corrected chi connectivity index (χ1v) is 8.12. The van der Waals surface area contributed by atoms with Crippen LogP contribution in [0.25, 0.3) is 11.4 Å². The summed E-state index contributed by atoms with van der Waals surface area (Å²) in [4.78, 5) is 17.1. The molecule has 128 valence electrons. The van der Waals surface area contributed by atoms with Gasteiger partial charge in [0.25, 0.3) is 0 Å². The molecule has 0 radical (unpaired) electrons. The lowest BCUT2D eigenvalue weighted by molar-refractivity contribution is -0.117. The van der Waals surface area contributed by atoms with Gasteiger partial charge in [0.05, 0.1) is 30.6 Å². The number of hydrogen-bond donors (Lipinski definition) is 2. The summed E-state index contributed by atoms with van der Waals surface area (Å²) in [5.74, 6) is 0.440. The average Bonchev–Trinajstić information content (AvgIpc) is 3.11. The fourth-order valence-corrected chi connectivity index (χ4v) is 2.72. The van der Waals surface area contributed by atoms with Gasteiger partial charge in [-0.2, -0.15) is 5.10 Å². The van der Waals surface area contributed by atoms with Crippen molar-refractivity contribution < 1.29 is 9.53 Å². The molecule has 1 atom stereocenters. The highest BCUT2D eigenvalue weighted by molar-refractivity contribution is 5.98. The molecule has 0 aliphatic heterocycles. The molecule has 0 unspecified atom stereocenters. The maximum Gasteiger partial charge on any atom is 0.232 e. The number of carbonyl (C=O) groups is 1. The second-order valence-corrected chi connectivity index (χ2v) is 5.60. The van der Waals surface area contributed by atoms with Crippen molar-refractivity contribution in [2.24, 2.45) is 0 Å². The number of benzene rings is 1. The second-order valence-electron chi connectivity index (χ2n) is 5.60. The molecule has 1 amide bonds. The fraction of sp³-hybridized carbons (Fsp3) is 0.211. The number of ether oxygens (including phenoxy) is 1. The molecule has 0 saturated carbocycles. The molecular formula is C19H20N4O2. The zero-order valence-corrected chi connectivity index (χ0v) is 14.2. The number of nitrogens with one attached hydrogen (secondary N) is 2. The monoisotopic (exact) mass is 336 g/mol. The van der Waals surface area contributed by atoms with Gasteiger partial charge in [-0.3, -0.25) is 14.9 Å². The van der Waals surface area contributed by atoms with E-state index in [0.29, 0.717) is 17.8 Å². The Labute approximate surface area is 146 Å². The largest absolute Gasteiger partial charge is 0.497 e. The van der Waals surface area contributed by atoms with Crippen LogP contribution in [0.1, 0.15) is 24.8 Å². The Hall–Kier alpha value is -3.15. The van der Waals surface area contributed by atoms with Crippen LogP contribution in [0.4, 0.5) is 5.69 Å². The van der Waals surface area contributed by atoms with Gasteiger partial charge in [0.15, 0.2) is 0 Å². The van der Waals surface area contributed by atoms with Crippen LogP contribution >= 0.6 is 0 Å². The number of rotatable bonds is 6. The van der Waals surface area contributed by atoms with Crippen LogP contribution in [-0.2, 0) is 4.79 Å². The number of H-pyrrole nitrogens is 1. The molecule has 0 aliphatic rings. The Bertz CT molecular complexity index is 828. The normalized spacial score (nSPS) is 11.8. The first-order chi connectivity index (χ1) is 12.2. The third-order valence-corrected chi connectivity index (χ3v) is 4.06. The highest BCUT2D eigenvalue weighted by atomic mass is 16.5. The summed E-state index contributed by atoms with van der Waals surface area (Å²) in [5, 5.41) is 9.89. The predicted molar refractivity (Wildman–Crippen MR) is 96.5 cm³/mol. The molecular weight excluding hydrogens is 316 g/mol. The molecule has 6 nitrogen and oxygen atoms in total. The number of aromatic amines is 1. The van der Waals surface area contributed by atoms with Gasteiger partial charge >= 0.3 is 0 Å². The van der Waals surface area contributed by atoms with Gasteiger partial charge in [0.1, 0.15) is 11.4 Å². The maximum absolute atomic E-state index is 12.8. The van der Waals surface area contributed by atoms with Crippen molar-refractivity contribution in [3.63, 3.8) is 0 Å². The van der Waals surface area contributed by atoms with Crippen LogP contribution in [0.15, 0.2) is 54.9 Å².